The molecule has 0 aromatic heterocycles. The lowest BCUT2D eigenvalue weighted by atomic mass is 9.60. The fourth-order valence-corrected chi connectivity index (χ4v) is 3.47. The second kappa shape index (κ2) is 6.18. The molecule has 6 heteroatoms. The lowest BCUT2D eigenvalue weighted by Gasteiger charge is -2.41. The van der Waals surface area contributed by atoms with E-state index in [1.54, 1.807) is 0 Å². The van der Waals surface area contributed by atoms with Gasteiger partial charge in [-0.15, -0.1) is 0 Å². The molecule has 0 aliphatic heterocycles. The van der Waals surface area contributed by atoms with E-state index in [0.29, 0.717) is 25.7 Å². The summed E-state index contributed by atoms with van der Waals surface area (Å²) in [6, 6.07) is 0. The number of Topliss-reactive ketones (excluding diaryl/α,β-unsaturated/α-hetero) is 2. The van der Waals surface area contributed by atoms with Crippen LogP contribution >= 0.6 is 0 Å². The second-order valence-corrected chi connectivity index (χ2v) is 6.68. The van der Waals surface area contributed by atoms with Crippen LogP contribution in [0.15, 0.2) is 0 Å². The number of ketones is 2. The zero-order chi connectivity index (χ0) is 17.3. The molecule has 1 rings (SSSR count). The van der Waals surface area contributed by atoms with E-state index < -0.39 is 34.3 Å². The summed E-state index contributed by atoms with van der Waals surface area (Å²) in [5.41, 5.74) is -2.89. The lowest BCUT2D eigenvalue weighted by Crippen LogP contribution is -2.47. The number of carbonyl (C=O) groups is 4. The Morgan fingerprint density at radius 3 is 1.09 bits per heavy atom. The molecule has 0 aromatic carbocycles. The Labute approximate surface area is 129 Å². The van der Waals surface area contributed by atoms with Crippen LogP contribution in [0.3, 0.4) is 0 Å². The summed E-state index contributed by atoms with van der Waals surface area (Å²) >= 11 is 0. The van der Waals surface area contributed by atoms with Crippen molar-refractivity contribution in [1.82, 2.24) is 0 Å². The molecule has 1 aliphatic rings. The van der Waals surface area contributed by atoms with Gasteiger partial charge in [0.15, 0.2) is 0 Å². The predicted octanol–water partition coefficient (Wildman–Crippen LogP) is 2.15. The van der Waals surface area contributed by atoms with E-state index in [4.69, 9.17) is 0 Å². The molecular weight excluding hydrogens is 288 g/mol. The average molecular weight is 312 g/mol. The number of aliphatic carboxylic acids is 2. The van der Waals surface area contributed by atoms with Gasteiger partial charge in [-0.25, -0.2) is 0 Å². The molecule has 0 aromatic rings. The maximum Gasteiger partial charge on any atom is 0.317 e. The van der Waals surface area contributed by atoms with Gasteiger partial charge in [0, 0.05) is 0 Å². The summed E-state index contributed by atoms with van der Waals surface area (Å²) in [6.07, 6.45) is 1.73. The molecule has 1 saturated carbocycles. The first-order valence-electron chi connectivity index (χ1n) is 7.47. The number of hydrogen-bond acceptors (Lipinski definition) is 4. The van der Waals surface area contributed by atoms with Gasteiger partial charge < -0.3 is 10.2 Å². The Hall–Kier alpha value is -1.72. The zero-order valence-corrected chi connectivity index (χ0v) is 13.5. The van der Waals surface area contributed by atoms with E-state index in [2.05, 4.69) is 0 Å². The van der Waals surface area contributed by atoms with Gasteiger partial charge in [-0.1, -0.05) is 0 Å². The van der Waals surface area contributed by atoms with Crippen molar-refractivity contribution in [1.29, 1.82) is 0 Å². The molecule has 2 N–H and O–H groups in total. The summed E-state index contributed by atoms with van der Waals surface area (Å²) in [6.45, 7) is 5.42. The first kappa shape index (κ1) is 18.3. The number of rotatable bonds is 6. The molecule has 0 radical (unpaired) electrons. The smallest absolute Gasteiger partial charge is 0.317 e. The molecule has 2 atom stereocenters. The van der Waals surface area contributed by atoms with Gasteiger partial charge in [0.1, 0.15) is 22.4 Å². The molecule has 22 heavy (non-hydrogen) atoms. The largest absolute Gasteiger partial charge is 0.480 e. The van der Waals surface area contributed by atoms with Gasteiger partial charge in [-0.3, -0.25) is 19.2 Å². The molecule has 0 amide bonds. The third-order valence-corrected chi connectivity index (χ3v) is 5.71. The summed E-state index contributed by atoms with van der Waals surface area (Å²) in [7, 11) is 0. The third-order valence-electron chi connectivity index (χ3n) is 5.71. The van der Waals surface area contributed by atoms with E-state index in [-0.39, 0.29) is 11.8 Å². The monoisotopic (exact) mass is 312 g/mol. The van der Waals surface area contributed by atoms with E-state index in [9.17, 15) is 29.4 Å². The average Bonchev–Trinajstić information content (AvgIpc) is 2.44. The van der Waals surface area contributed by atoms with Crippen LogP contribution in [0.2, 0.25) is 0 Å². The molecule has 1 fully saturated rings. The normalized spacial score (nSPS) is 27.3. The van der Waals surface area contributed by atoms with Crippen LogP contribution in [-0.2, 0) is 19.2 Å². The summed E-state index contributed by atoms with van der Waals surface area (Å²) in [4.78, 5) is 46.5. The zero-order valence-electron chi connectivity index (χ0n) is 13.5. The summed E-state index contributed by atoms with van der Waals surface area (Å²) in [5.74, 6) is -3.73. The minimum atomic E-state index is -1.44. The van der Waals surface area contributed by atoms with E-state index in [0.717, 1.165) is 0 Å². The fraction of sp³-hybridized carbons (Fsp3) is 0.750. The van der Waals surface area contributed by atoms with Crippen LogP contribution in [0.25, 0.3) is 0 Å². The van der Waals surface area contributed by atoms with Crippen molar-refractivity contribution >= 4 is 23.5 Å². The van der Waals surface area contributed by atoms with Crippen molar-refractivity contribution in [3.63, 3.8) is 0 Å². The van der Waals surface area contributed by atoms with Crippen LogP contribution in [0.5, 0.6) is 0 Å². The fourth-order valence-electron chi connectivity index (χ4n) is 3.47. The first-order chi connectivity index (χ1) is 9.98. The Kier molecular flexibility index (Phi) is 5.15. The molecule has 0 heterocycles. The van der Waals surface area contributed by atoms with Gasteiger partial charge in [0.05, 0.1) is 0 Å². The van der Waals surface area contributed by atoms with Gasteiger partial charge in [-0.05, 0) is 65.2 Å². The highest BCUT2D eigenvalue weighted by Gasteiger charge is 2.51. The van der Waals surface area contributed by atoms with Crippen molar-refractivity contribution in [2.75, 3.05) is 0 Å². The predicted molar refractivity (Wildman–Crippen MR) is 78.3 cm³/mol. The Morgan fingerprint density at radius 2 is 0.955 bits per heavy atom. The van der Waals surface area contributed by atoms with Gasteiger partial charge in [0.2, 0.25) is 0 Å². The maximum atomic E-state index is 11.8. The van der Waals surface area contributed by atoms with Crippen molar-refractivity contribution in [2.24, 2.45) is 22.7 Å². The summed E-state index contributed by atoms with van der Waals surface area (Å²) in [5, 5.41) is 18.8. The molecule has 0 bridgehead atoms. The molecule has 2 unspecified atom stereocenters. The van der Waals surface area contributed by atoms with E-state index in [1.165, 1.54) is 27.7 Å². The Morgan fingerprint density at radius 1 is 0.727 bits per heavy atom. The van der Waals surface area contributed by atoms with Gasteiger partial charge in [0.25, 0.3) is 0 Å². The lowest BCUT2D eigenvalue weighted by molar-refractivity contribution is -0.163. The minimum Gasteiger partial charge on any atom is -0.480 e. The van der Waals surface area contributed by atoms with Crippen molar-refractivity contribution in [3.8, 4) is 0 Å². The maximum absolute atomic E-state index is 11.8. The van der Waals surface area contributed by atoms with Crippen molar-refractivity contribution < 1.29 is 29.4 Å². The van der Waals surface area contributed by atoms with Gasteiger partial charge in [-0.2, -0.15) is 0 Å². The van der Waals surface area contributed by atoms with E-state index >= 15 is 0 Å². The standard InChI is InChI=1S/C16H24O6/c1-9(17)15(3,13(19)20)11-5-7-12(8-6-11)16(4,10(2)18)14(21)22/h11-12H,5-8H2,1-4H3,(H,19,20)(H,21,22). The van der Waals surface area contributed by atoms with Crippen LogP contribution in [-0.4, -0.2) is 33.7 Å². The third kappa shape index (κ3) is 2.78. The number of carboxylic acid groups (broad SMARTS) is 2. The van der Waals surface area contributed by atoms with Crippen LogP contribution in [0, 0.1) is 22.7 Å². The Balaban J connectivity index is 2.95. The molecule has 1 aliphatic carbocycles. The number of hydrogen-bond donors (Lipinski definition) is 2. The highest BCUT2D eigenvalue weighted by molar-refractivity contribution is 6.02. The SMILES string of the molecule is CC(=O)C(C)(C(=O)O)C1CCC(C(C)(C(C)=O)C(=O)O)CC1. The molecule has 0 spiro atoms. The highest BCUT2D eigenvalue weighted by Crippen LogP contribution is 2.46. The first-order valence-corrected chi connectivity index (χ1v) is 7.47. The molecule has 0 saturated heterocycles. The topological polar surface area (TPSA) is 109 Å². The molecular formula is C16H24O6. The quantitative estimate of drug-likeness (QED) is 0.727. The van der Waals surface area contributed by atoms with Crippen LogP contribution in [0.4, 0.5) is 0 Å². The van der Waals surface area contributed by atoms with Crippen LogP contribution in [0.1, 0.15) is 53.4 Å². The number of carboxylic acids is 2. The second-order valence-electron chi connectivity index (χ2n) is 6.68. The highest BCUT2D eigenvalue weighted by atomic mass is 16.4. The van der Waals surface area contributed by atoms with Crippen molar-refractivity contribution in [3.05, 3.63) is 0 Å². The number of carbonyl (C=O) groups excluding carboxylic acids is 2. The summed E-state index contributed by atoms with van der Waals surface area (Å²) < 4.78 is 0. The molecule has 6 nitrogen and oxygen atoms in total. The van der Waals surface area contributed by atoms with Crippen LogP contribution < -0.4 is 0 Å². The Bertz CT molecular complexity index is 425. The van der Waals surface area contributed by atoms with Crippen molar-refractivity contribution in [2.45, 2.75) is 53.4 Å². The molecule has 124 valence electrons. The minimum absolute atomic E-state index is 0.330. The van der Waals surface area contributed by atoms with Gasteiger partial charge >= 0.3 is 11.9 Å². The van der Waals surface area contributed by atoms with E-state index in [1.807, 2.05) is 0 Å².